The van der Waals surface area contributed by atoms with Gasteiger partial charge in [0.15, 0.2) is 11.6 Å². The molecule has 0 fully saturated rings. The van der Waals surface area contributed by atoms with Crippen LogP contribution in [0.4, 0.5) is 4.39 Å². The number of hydrogen-bond donors (Lipinski definition) is 0. The van der Waals surface area contributed by atoms with Gasteiger partial charge in [0.1, 0.15) is 4.90 Å². The summed E-state index contributed by atoms with van der Waals surface area (Å²) in [6.07, 6.45) is 1.33. The van der Waals surface area contributed by atoms with Crippen LogP contribution in [0.1, 0.15) is 5.56 Å². The number of pyridine rings is 1. The molecular weight excluding hydrogens is 293 g/mol. The van der Waals surface area contributed by atoms with Crippen molar-refractivity contribution in [3.63, 3.8) is 0 Å². The average Bonchev–Trinajstić information content (AvgIpc) is 2.34. The van der Waals surface area contributed by atoms with E-state index in [-0.39, 0.29) is 16.5 Å². The highest BCUT2D eigenvalue weighted by Gasteiger charge is 2.19. The summed E-state index contributed by atoms with van der Waals surface area (Å²) in [5.74, 6) is -0.951. The first-order valence-corrected chi connectivity index (χ1v) is 7.53. The van der Waals surface area contributed by atoms with E-state index < -0.39 is 14.9 Å². The summed E-state index contributed by atoms with van der Waals surface area (Å²) in [7, 11) is 1.25. The van der Waals surface area contributed by atoms with Gasteiger partial charge in [0.25, 0.3) is 9.05 Å². The fourth-order valence-corrected chi connectivity index (χ4v) is 2.34. The number of halogens is 2. The van der Waals surface area contributed by atoms with Gasteiger partial charge >= 0.3 is 0 Å². The van der Waals surface area contributed by atoms with E-state index in [9.17, 15) is 12.8 Å². The number of ether oxygens (including phenoxy) is 1. The van der Waals surface area contributed by atoms with Gasteiger partial charge < -0.3 is 4.74 Å². The van der Waals surface area contributed by atoms with Gasteiger partial charge in [0.2, 0.25) is 5.88 Å². The molecule has 0 aliphatic rings. The molecule has 0 amide bonds. The number of benzene rings is 1. The van der Waals surface area contributed by atoms with Crippen molar-refractivity contribution in [3.8, 4) is 11.6 Å². The molecule has 2 rings (SSSR count). The molecule has 0 saturated heterocycles. The SMILES string of the molecule is Cc1cccc(Oc2ncccc2S(=O)(=O)Cl)c1F. The third kappa shape index (κ3) is 3.02. The monoisotopic (exact) mass is 301 g/mol. The van der Waals surface area contributed by atoms with Gasteiger partial charge in [0, 0.05) is 16.9 Å². The topological polar surface area (TPSA) is 56.3 Å². The molecule has 100 valence electrons. The van der Waals surface area contributed by atoms with E-state index in [1.807, 2.05) is 0 Å². The summed E-state index contributed by atoms with van der Waals surface area (Å²) >= 11 is 0. The van der Waals surface area contributed by atoms with Crippen LogP contribution in [0.2, 0.25) is 0 Å². The molecular formula is C12H9ClFNO3S. The molecule has 0 N–H and O–H groups in total. The van der Waals surface area contributed by atoms with Crippen molar-refractivity contribution < 1.29 is 17.5 Å². The second-order valence-corrected chi connectivity index (χ2v) is 6.27. The van der Waals surface area contributed by atoms with E-state index in [4.69, 9.17) is 15.4 Å². The van der Waals surface area contributed by atoms with Crippen molar-refractivity contribution in [1.82, 2.24) is 4.98 Å². The molecule has 0 unspecified atom stereocenters. The van der Waals surface area contributed by atoms with Gasteiger partial charge in [-0.25, -0.2) is 17.8 Å². The normalized spacial score (nSPS) is 11.3. The highest BCUT2D eigenvalue weighted by atomic mass is 35.7. The predicted molar refractivity (Wildman–Crippen MR) is 68.5 cm³/mol. The van der Waals surface area contributed by atoms with E-state index in [1.165, 1.54) is 24.4 Å². The third-order valence-corrected chi connectivity index (χ3v) is 3.70. The first-order valence-electron chi connectivity index (χ1n) is 5.22. The summed E-state index contributed by atoms with van der Waals surface area (Å²) in [4.78, 5) is 3.45. The highest BCUT2D eigenvalue weighted by molar-refractivity contribution is 8.13. The number of aromatic nitrogens is 1. The summed E-state index contributed by atoms with van der Waals surface area (Å²) in [6.45, 7) is 1.57. The van der Waals surface area contributed by atoms with E-state index in [0.717, 1.165) is 0 Å². The fraction of sp³-hybridized carbons (Fsp3) is 0.0833. The Balaban J connectivity index is 2.48. The Bertz CT molecular complexity index is 719. The number of nitrogens with zero attached hydrogens (tertiary/aromatic N) is 1. The molecule has 0 aliphatic heterocycles. The number of aryl methyl sites for hydroxylation is 1. The number of hydrogen-bond acceptors (Lipinski definition) is 4. The van der Waals surface area contributed by atoms with E-state index in [2.05, 4.69) is 4.98 Å². The molecule has 0 radical (unpaired) electrons. The van der Waals surface area contributed by atoms with Crippen LogP contribution in [0, 0.1) is 12.7 Å². The maximum absolute atomic E-state index is 13.8. The van der Waals surface area contributed by atoms with Crippen molar-refractivity contribution in [3.05, 3.63) is 47.9 Å². The van der Waals surface area contributed by atoms with Crippen LogP contribution in [0.25, 0.3) is 0 Å². The smallest absolute Gasteiger partial charge is 0.266 e. The Morgan fingerprint density at radius 2 is 2.00 bits per heavy atom. The maximum Gasteiger partial charge on any atom is 0.266 e. The van der Waals surface area contributed by atoms with Crippen molar-refractivity contribution in [2.45, 2.75) is 11.8 Å². The van der Waals surface area contributed by atoms with Gasteiger partial charge in [-0.2, -0.15) is 0 Å². The van der Waals surface area contributed by atoms with Crippen molar-refractivity contribution in [2.75, 3.05) is 0 Å². The van der Waals surface area contributed by atoms with Crippen LogP contribution in [0.15, 0.2) is 41.4 Å². The molecule has 7 heteroatoms. The van der Waals surface area contributed by atoms with E-state index >= 15 is 0 Å². The van der Waals surface area contributed by atoms with Gasteiger partial charge in [0.05, 0.1) is 0 Å². The molecule has 2 aromatic rings. The van der Waals surface area contributed by atoms with Crippen LogP contribution < -0.4 is 4.74 Å². The van der Waals surface area contributed by atoms with Crippen LogP contribution in [-0.2, 0) is 9.05 Å². The van der Waals surface area contributed by atoms with Crippen molar-refractivity contribution in [1.29, 1.82) is 0 Å². The Kier molecular flexibility index (Phi) is 3.73. The molecule has 0 saturated carbocycles. The van der Waals surface area contributed by atoms with Crippen LogP contribution in [-0.4, -0.2) is 13.4 Å². The van der Waals surface area contributed by atoms with Crippen LogP contribution >= 0.6 is 10.7 Å². The van der Waals surface area contributed by atoms with E-state index in [1.54, 1.807) is 19.1 Å². The second-order valence-electron chi connectivity index (χ2n) is 3.73. The van der Waals surface area contributed by atoms with Crippen molar-refractivity contribution in [2.24, 2.45) is 0 Å². The molecule has 0 atom stereocenters. The maximum atomic E-state index is 13.8. The van der Waals surface area contributed by atoms with Gasteiger partial charge in [-0.15, -0.1) is 0 Å². The molecule has 19 heavy (non-hydrogen) atoms. The standard InChI is InChI=1S/C12H9ClFNO3S/c1-8-4-2-5-9(11(8)14)18-12-10(19(13,16)17)6-3-7-15-12/h2-7H,1H3. The summed E-state index contributed by atoms with van der Waals surface area (Å²) in [5.41, 5.74) is 0.378. The molecule has 1 aromatic carbocycles. The molecule has 0 aliphatic carbocycles. The zero-order chi connectivity index (χ0) is 14.0. The largest absolute Gasteiger partial charge is 0.435 e. The lowest BCUT2D eigenvalue weighted by Crippen LogP contribution is -1.99. The Morgan fingerprint density at radius 3 is 2.68 bits per heavy atom. The fourth-order valence-electron chi connectivity index (χ4n) is 1.44. The minimum atomic E-state index is -4.01. The average molecular weight is 302 g/mol. The quantitative estimate of drug-likeness (QED) is 0.817. The minimum absolute atomic E-state index is 0.111. The molecule has 0 bridgehead atoms. The molecule has 1 heterocycles. The molecule has 1 aromatic heterocycles. The summed E-state index contributed by atoms with van der Waals surface area (Å²) < 4.78 is 41.7. The Labute approximate surface area is 114 Å². The third-order valence-electron chi connectivity index (χ3n) is 2.36. The lowest BCUT2D eigenvalue weighted by molar-refractivity contribution is 0.414. The zero-order valence-electron chi connectivity index (χ0n) is 9.80. The summed E-state index contributed by atoms with van der Waals surface area (Å²) in [5, 5.41) is 0. The Hall–Kier alpha value is -1.66. The lowest BCUT2D eigenvalue weighted by atomic mass is 10.2. The molecule has 4 nitrogen and oxygen atoms in total. The first kappa shape index (κ1) is 13.8. The second kappa shape index (κ2) is 5.14. The van der Waals surface area contributed by atoms with Crippen LogP contribution in [0.5, 0.6) is 11.6 Å². The predicted octanol–water partition coefficient (Wildman–Crippen LogP) is 3.25. The number of rotatable bonds is 3. The summed E-state index contributed by atoms with van der Waals surface area (Å²) in [6, 6.07) is 7.17. The van der Waals surface area contributed by atoms with Gasteiger partial charge in [-0.05, 0) is 30.7 Å². The molecule has 0 spiro atoms. The Morgan fingerprint density at radius 1 is 1.26 bits per heavy atom. The lowest BCUT2D eigenvalue weighted by Gasteiger charge is -2.09. The van der Waals surface area contributed by atoms with Crippen molar-refractivity contribution >= 4 is 19.7 Å². The van der Waals surface area contributed by atoms with Crippen LogP contribution in [0.3, 0.4) is 0 Å². The van der Waals surface area contributed by atoms with Gasteiger partial charge in [-0.3, -0.25) is 0 Å². The first-order chi connectivity index (χ1) is 8.89. The highest BCUT2D eigenvalue weighted by Crippen LogP contribution is 2.30. The van der Waals surface area contributed by atoms with E-state index in [0.29, 0.717) is 5.56 Å². The zero-order valence-corrected chi connectivity index (χ0v) is 11.4. The van der Waals surface area contributed by atoms with Gasteiger partial charge in [-0.1, -0.05) is 12.1 Å². The minimum Gasteiger partial charge on any atom is -0.435 e.